The van der Waals surface area contributed by atoms with Gasteiger partial charge >= 0.3 is 0 Å². The molecule has 0 fully saturated rings. The lowest BCUT2D eigenvalue weighted by molar-refractivity contribution is 0.0982. The molecule has 0 aliphatic heterocycles. The van der Waals surface area contributed by atoms with E-state index < -0.39 is 0 Å². The largest absolute Gasteiger partial charge is 0.291 e. The Morgan fingerprint density at radius 3 is 2.50 bits per heavy atom. The van der Waals surface area contributed by atoms with Gasteiger partial charge in [-0.05, 0) is 23.6 Å². The summed E-state index contributed by atoms with van der Waals surface area (Å²) in [6.07, 6.45) is 1.57. The lowest BCUT2D eigenvalue weighted by atomic mass is 10.1. The molecule has 1 heterocycles. The highest BCUT2D eigenvalue weighted by atomic mass is 16.2. The van der Waals surface area contributed by atoms with E-state index in [2.05, 4.69) is 4.98 Å². The number of pyridine rings is 1. The molecule has 0 saturated heterocycles. The molecule has 1 amide bonds. The zero-order valence-electron chi connectivity index (χ0n) is 10.7. The molecule has 4 nitrogen and oxygen atoms in total. The Labute approximate surface area is 116 Å². The van der Waals surface area contributed by atoms with Gasteiger partial charge in [-0.15, -0.1) is 0 Å². The van der Waals surface area contributed by atoms with Gasteiger partial charge in [0.15, 0.2) is 0 Å². The molecule has 0 unspecified atom stereocenters. The number of amides is 1. The lowest BCUT2D eigenvalue weighted by Gasteiger charge is -2.18. The van der Waals surface area contributed by atoms with Gasteiger partial charge in [0.2, 0.25) is 0 Å². The molecule has 4 heteroatoms. The van der Waals surface area contributed by atoms with Gasteiger partial charge < -0.3 is 0 Å². The maximum atomic E-state index is 12.3. The number of hydrogen-bond donors (Lipinski definition) is 1. The van der Waals surface area contributed by atoms with Gasteiger partial charge in [0.05, 0.1) is 5.69 Å². The number of benzene rings is 2. The van der Waals surface area contributed by atoms with E-state index in [-0.39, 0.29) is 5.91 Å². The first-order valence-electron chi connectivity index (χ1n) is 6.25. The Bertz CT molecular complexity index is 751. The summed E-state index contributed by atoms with van der Waals surface area (Å²) in [6.45, 7) is 0. The summed E-state index contributed by atoms with van der Waals surface area (Å²) in [5.74, 6) is 5.65. The minimum atomic E-state index is -0.332. The highest BCUT2D eigenvalue weighted by Crippen LogP contribution is 2.25. The summed E-state index contributed by atoms with van der Waals surface area (Å²) in [4.78, 5) is 16.4. The van der Waals surface area contributed by atoms with Gasteiger partial charge in [-0.3, -0.25) is 9.78 Å². The van der Waals surface area contributed by atoms with Crippen LogP contribution < -0.4 is 10.9 Å². The van der Waals surface area contributed by atoms with Gasteiger partial charge in [-0.25, -0.2) is 10.9 Å². The van der Waals surface area contributed by atoms with Gasteiger partial charge in [0.1, 0.15) is 5.69 Å². The summed E-state index contributed by atoms with van der Waals surface area (Å²) >= 11 is 0. The molecule has 0 bridgehead atoms. The fourth-order valence-corrected chi connectivity index (χ4v) is 2.14. The van der Waals surface area contributed by atoms with Crippen LogP contribution in [-0.2, 0) is 0 Å². The Hall–Kier alpha value is -2.72. The highest BCUT2D eigenvalue weighted by molar-refractivity contribution is 6.09. The number of nitrogens with zero attached hydrogens (tertiary/aromatic N) is 2. The maximum absolute atomic E-state index is 12.3. The van der Waals surface area contributed by atoms with Crippen molar-refractivity contribution in [2.24, 2.45) is 5.84 Å². The molecule has 1 aromatic heterocycles. The van der Waals surface area contributed by atoms with E-state index in [1.54, 1.807) is 24.4 Å². The number of hydrogen-bond acceptors (Lipinski definition) is 3. The quantitative estimate of drug-likeness (QED) is 0.439. The fourth-order valence-electron chi connectivity index (χ4n) is 2.14. The first-order valence-corrected chi connectivity index (χ1v) is 6.25. The number of fused-ring (bicyclic) bond motifs is 1. The van der Waals surface area contributed by atoms with E-state index in [1.165, 1.54) is 0 Å². The third-order valence-electron chi connectivity index (χ3n) is 3.13. The third-order valence-corrected chi connectivity index (χ3v) is 3.13. The number of carbonyl (C=O) groups is 1. The van der Waals surface area contributed by atoms with Crippen LogP contribution in [0.2, 0.25) is 0 Å². The van der Waals surface area contributed by atoms with Crippen molar-refractivity contribution in [2.75, 3.05) is 5.01 Å². The van der Waals surface area contributed by atoms with Crippen LogP contribution in [0.3, 0.4) is 0 Å². The van der Waals surface area contributed by atoms with Crippen molar-refractivity contribution in [1.82, 2.24) is 4.98 Å². The Morgan fingerprint density at radius 1 is 0.950 bits per heavy atom. The predicted octanol–water partition coefficient (Wildman–Crippen LogP) is 2.76. The van der Waals surface area contributed by atoms with E-state index in [1.807, 2.05) is 42.5 Å². The van der Waals surface area contributed by atoms with E-state index in [4.69, 9.17) is 5.84 Å². The summed E-state index contributed by atoms with van der Waals surface area (Å²) < 4.78 is 0. The van der Waals surface area contributed by atoms with Crippen LogP contribution in [0.1, 0.15) is 10.5 Å². The van der Waals surface area contributed by atoms with E-state index in [0.29, 0.717) is 11.4 Å². The minimum Gasteiger partial charge on any atom is -0.265 e. The number of rotatable bonds is 2. The molecule has 0 spiro atoms. The number of nitrogens with two attached hydrogens (primary N) is 1. The van der Waals surface area contributed by atoms with E-state index >= 15 is 0 Å². The highest BCUT2D eigenvalue weighted by Gasteiger charge is 2.16. The normalized spacial score (nSPS) is 10.4. The van der Waals surface area contributed by atoms with E-state index in [9.17, 15) is 4.79 Å². The van der Waals surface area contributed by atoms with E-state index in [0.717, 1.165) is 15.8 Å². The molecule has 0 radical (unpaired) electrons. The molecule has 20 heavy (non-hydrogen) atoms. The molecule has 2 N–H and O–H groups in total. The second-order valence-corrected chi connectivity index (χ2v) is 4.39. The molecule has 3 aromatic rings. The minimum absolute atomic E-state index is 0.322. The molecule has 0 saturated carbocycles. The van der Waals surface area contributed by atoms with Gasteiger partial charge in [-0.2, -0.15) is 0 Å². The van der Waals surface area contributed by atoms with Crippen LogP contribution in [-0.4, -0.2) is 10.9 Å². The van der Waals surface area contributed by atoms with Crippen LogP contribution in [0.4, 0.5) is 5.69 Å². The van der Waals surface area contributed by atoms with Gasteiger partial charge in [0, 0.05) is 11.6 Å². The van der Waals surface area contributed by atoms with Crippen molar-refractivity contribution >= 4 is 22.4 Å². The van der Waals surface area contributed by atoms with Crippen LogP contribution in [0.15, 0.2) is 66.9 Å². The molecule has 0 aliphatic rings. The average Bonchev–Trinajstić information content (AvgIpc) is 2.54. The second kappa shape index (κ2) is 5.11. The van der Waals surface area contributed by atoms with Gasteiger partial charge in [0.25, 0.3) is 5.91 Å². The number of anilines is 1. The summed E-state index contributed by atoms with van der Waals surface area (Å²) in [7, 11) is 0. The maximum Gasteiger partial charge on any atom is 0.291 e. The smallest absolute Gasteiger partial charge is 0.265 e. The predicted molar refractivity (Wildman–Crippen MR) is 79.2 cm³/mol. The first-order chi connectivity index (χ1) is 9.77. The Balaban J connectivity index is 2.05. The zero-order valence-corrected chi connectivity index (χ0v) is 10.7. The molecule has 3 rings (SSSR count). The summed E-state index contributed by atoms with van der Waals surface area (Å²) in [5, 5.41) is 3.11. The molecular weight excluding hydrogens is 250 g/mol. The molecule has 0 aliphatic carbocycles. The number of aromatic nitrogens is 1. The first kappa shape index (κ1) is 12.3. The second-order valence-electron chi connectivity index (χ2n) is 4.39. The van der Waals surface area contributed by atoms with Crippen LogP contribution in [0.25, 0.3) is 10.8 Å². The van der Waals surface area contributed by atoms with Crippen molar-refractivity contribution in [2.45, 2.75) is 0 Å². The van der Waals surface area contributed by atoms with Crippen LogP contribution in [0, 0.1) is 0 Å². The lowest BCUT2D eigenvalue weighted by Crippen LogP contribution is -2.38. The number of carbonyl (C=O) groups excluding carboxylic acids is 1. The summed E-state index contributed by atoms with van der Waals surface area (Å²) in [5.41, 5.74) is 0.988. The van der Waals surface area contributed by atoms with Crippen LogP contribution in [0.5, 0.6) is 0 Å². The van der Waals surface area contributed by atoms with Crippen molar-refractivity contribution < 1.29 is 4.79 Å². The molecular formula is C16H13N3O. The Kier molecular flexibility index (Phi) is 3.15. The third kappa shape index (κ3) is 2.13. The summed E-state index contributed by atoms with van der Waals surface area (Å²) in [6, 6.07) is 18.6. The SMILES string of the molecule is NN(C(=O)c1ccccn1)c1cccc2ccccc12. The van der Waals surface area contributed by atoms with Crippen LogP contribution >= 0.6 is 0 Å². The van der Waals surface area contributed by atoms with Crippen molar-refractivity contribution in [3.63, 3.8) is 0 Å². The topological polar surface area (TPSA) is 59.2 Å². The number of hydrazine groups is 1. The standard InChI is InChI=1S/C16H13N3O/c17-19(16(20)14-9-3-4-11-18-14)15-10-5-7-12-6-1-2-8-13(12)15/h1-11H,17H2. The molecule has 0 atom stereocenters. The zero-order chi connectivity index (χ0) is 13.9. The van der Waals surface area contributed by atoms with Crippen molar-refractivity contribution in [3.8, 4) is 0 Å². The average molecular weight is 263 g/mol. The molecule has 98 valence electrons. The van der Waals surface area contributed by atoms with Crippen molar-refractivity contribution in [1.29, 1.82) is 0 Å². The fraction of sp³-hybridized carbons (Fsp3) is 0. The monoisotopic (exact) mass is 263 g/mol. The Morgan fingerprint density at radius 2 is 1.70 bits per heavy atom. The van der Waals surface area contributed by atoms with Gasteiger partial charge in [-0.1, -0.05) is 42.5 Å². The van der Waals surface area contributed by atoms with Crippen molar-refractivity contribution in [3.05, 3.63) is 72.6 Å². The molecule has 2 aromatic carbocycles.